The number of pyridine rings is 1. The molecule has 1 aliphatic heterocycles. The van der Waals surface area contributed by atoms with Crippen molar-refractivity contribution in [2.24, 2.45) is 0 Å². The van der Waals surface area contributed by atoms with E-state index in [4.69, 9.17) is 10.5 Å². The van der Waals surface area contributed by atoms with Crippen LogP contribution >= 0.6 is 0 Å². The molecular formula is C25H24F4N4O2. The highest BCUT2D eigenvalue weighted by atomic mass is 19.3. The lowest BCUT2D eigenvalue weighted by molar-refractivity contribution is 0.0811. The lowest BCUT2D eigenvalue weighted by Gasteiger charge is -2.19. The Morgan fingerprint density at radius 1 is 1.09 bits per heavy atom. The van der Waals surface area contributed by atoms with Crippen molar-refractivity contribution >= 4 is 11.7 Å². The summed E-state index contributed by atoms with van der Waals surface area (Å²) in [6.45, 7) is 0.01000. The number of nitrogens with two attached hydrogens (primary N) is 1. The van der Waals surface area contributed by atoms with Crippen molar-refractivity contribution in [2.45, 2.75) is 19.4 Å². The molecule has 184 valence electrons. The standard InChI is InChI=1S/C25H24F4N4O2/c1-33(2)11-15-7-13(3-4-21(15)35-12-22(27)28)16-9-19(24(30)32-23(16)29)18-8-14-5-6-31-25(34)17(14)10-20(18)26/h3-4,7-10,22H,5-6,11-12H2,1-2H3,(H2,30,32)(H,31,34). The zero-order chi connectivity index (χ0) is 25.3. The van der Waals surface area contributed by atoms with Gasteiger partial charge in [0.05, 0.1) is 0 Å². The Morgan fingerprint density at radius 3 is 2.57 bits per heavy atom. The van der Waals surface area contributed by atoms with Gasteiger partial charge in [0.15, 0.2) is 0 Å². The maximum absolute atomic E-state index is 15.0. The monoisotopic (exact) mass is 488 g/mol. The van der Waals surface area contributed by atoms with E-state index in [2.05, 4.69) is 10.3 Å². The molecule has 0 radical (unpaired) electrons. The number of carbonyl (C=O) groups excluding carboxylic acids is 1. The molecule has 0 atom stereocenters. The van der Waals surface area contributed by atoms with Gasteiger partial charge in [-0.25, -0.2) is 18.2 Å². The molecule has 4 rings (SSSR count). The highest BCUT2D eigenvalue weighted by Gasteiger charge is 2.23. The molecule has 0 aliphatic carbocycles. The number of nitrogen functional groups attached to an aromatic ring is 1. The van der Waals surface area contributed by atoms with E-state index in [1.165, 1.54) is 24.3 Å². The second-order valence-electron chi connectivity index (χ2n) is 8.52. The first-order chi connectivity index (χ1) is 16.6. The summed E-state index contributed by atoms with van der Waals surface area (Å²) < 4.78 is 60.5. The van der Waals surface area contributed by atoms with Crippen molar-refractivity contribution in [1.29, 1.82) is 0 Å². The van der Waals surface area contributed by atoms with Gasteiger partial charge in [-0.15, -0.1) is 0 Å². The Bertz CT molecular complexity index is 1280. The number of hydrogen-bond donors (Lipinski definition) is 2. The summed E-state index contributed by atoms with van der Waals surface area (Å²) in [6, 6.07) is 8.72. The highest BCUT2D eigenvalue weighted by molar-refractivity contribution is 5.97. The molecule has 0 fully saturated rings. The molecule has 2 heterocycles. The van der Waals surface area contributed by atoms with Crippen LogP contribution in [0.4, 0.5) is 23.4 Å². The van der Waals surface area contributed by atoms with Gasteiger partial charge < -0.3 is 20.7 Å². The van der Waals surface area contributed by atoms with E-state index >= 15 is 4.39 Å². The average molecular weight is 488 g/mol. The van der Waals surface area contributed by atoms with Gasteiger partial charge in [-0.3, -0.25) is 4.79 Å². The predicted octanol–water partition coefficient (Wildman–Crippen LogP) is 4.27. The van der Waals surface area contributed by atoms with E-state index in [-0.39, 0.29) is 39.7 Å². The Labute approximate surface area is 199 Å². The normalized spacial score (nSPS) is 13.2. The van der Waals surface area contributed by atoms with Gasteiger partial charge in [-0.05, 0) is 62.0 Å². The van der Waals surface area contributed by atoms with Crippen LogP contribution in [0.25, 0.3) is 22.3 Å². The highest BCUT2D eigenvalue weighted by Crippen LogP contribution is 2.36. The van der Waals surface area contributed by atoms with E-state index in [0.29, 0.717) is 36.2 Å². The number of alkyl halides is 2. The van der Waals surface area contributed by atoms with Crippen LogP contribution in [-0.4, -0.2) is 49.5 Å². The summed E-state index contributed by atoms with van der Waals surface area (Å²) in [7, 11) is 3.60. The van der Waals surface area contributed by atoms with Gasteiger partial charge in [0.1, 0.15) is 24.0 Å². The van der Waals surface area contributed by atoms with Crippen LogP contribution < -0.4 is 15.8 Å². The molecule has 0 saturated heterocycles. The maximum atomic E-state index is 15.0. The largest absolute Gasteiger partial charge is 0.487 e. The Hall–Kier alpha value is -3.66. The summed E-state index contributed by atoms with van der Waals surface area (Å²) in [6.07, 6.45) is -2.12. The van der Waals surface area contributed by atoms with Crippen molar-refractivity contribution < 1.29 is 27.1 Å². The minimum absolute atomic E-state index is 0.0597. The van der Waals surface area contributed by atoms with Crippen molar-refractivity contribution in [3.8, 4) is 28.0 Å². The Morgan fingerprint density at radius 2 is 1.86 bits per heavy atom. The van der Waals surface area contributed by atoms with Crippen LogP contribution in [-0.2, 0) is 13.0 Å². The van der Waals surface area contributed by atoms with Crippen LogP contribution in [0, 0.1) is 11.8 Å². The quantitative estimate of drug-likeness (QED) is 0.384. The number of fused-ring (bicyclic) bond motifs is 1. The summed E-state index contributed by atoms with van der Waals surface area (Å²) in [4.78, 5) is 17.6. The molecule has 0 saturated carbocycles. The number of ether oxygens (including phenoxy) is 1. The van der Waals surface area contributed by atoms with E-state index < -0.39 is 24.8 Å². The predicted molar refractivity (Wildman–Crippen MR) is 124 cm³/mol. The lowest BCUT2D eigenvalue weighted by Crippen LogP contribution is -2.32. The Balaban J connectivity index is 1.79. The molecule has 0 unspecified atom stereocenters. The number of benzene rings is 2. The van der Waals surface area contributed by atoms with Crippen LogP contribution in [0.15, 0.2) is 36.4 Å². The molecule has 1 aliphatic rings. The van der Waals surface area contributed by atoms with Gasteiger partial charge in [0.25, 0.3) is 12.3 Å². The number of aromatic nitrogens is 1. The molecule has 2 aromatic carbocycles. The fraction of sp³-hybridized carbons (Fsp3) is 0.280. The fourth-order valence-corrected chi connectivity index (χ4v) is 4.08. The molecule has 10 heteroatoms. The van der Waals surface area contributed by atoms with Gasteiger partial charge >= 0.3 is 0 Å². The van der Waals surface area contributed by atoms with Crippen LogP contribution in [0.1, 0.15) is 21.5 Å². The van der Waals surface area contributed by atoms with E-state index in [0.717, 1.165) is 6.07 Å². The average Bonchev–Trinajstić information content (AvgIpc) is 2.78. The first kappa shape index (κ1) is 24.5. The summed E-state index contributed by atoms with van der Waals surface area (Å²) in [5, 5.41) is 2.66. The molecule has 1 aromatic heterocycles. The fourth-order valence-electron chi connectivity index (χ4n) is 4.08. The maximum Gasteiger partial charge on any atom is 0.272 e. The van der Waals surface area contributed by atoms with Gasteiger partial charge in [-0.2, -0.15) is 4.39 Å². The summed E-state index contributed by atoms with van der Waals surface area (Å²) in [5.74, 6) is -1.84. The molecular weight excluding hydrogens is 464 g/mol. The molecule has 3 N–H and O–H groups in total. The first-order valence-electron chi connectivity index (χ1n) is 10.9. The topological polar surface area (TPSA) is 80.5 Å². The molecule has 3 aromatic rings. The third-order valence-electron chi connectivity index (χ3n) is 5.64. The van der Waals surface area contributed by atoms with Crippen molar-refractivity contribution in [1.82, 2.24) is 15.2 Å². The molecule has 0 spiro atoms. The number of carbonyl (C=O) groups is 1. The molecule has 1 amide bonds. The van der Waals surface area contributed by atoms with Gasteiger partial charge in [-0.1, -0.05) is 6.07 Å². The van der Waals surface area contributed by atoms with Crippen molar-refractivity contribution in [2.75, 3.05) is 33.0 Å². The SMILES string of the molecule is CN(C)Cc1cc(-c2cc(-c3cc4c(cc3F)C(=O)NCC4)c(N)nc2F)ccc1OCC(F)F. The number of halogens is 4. The van der Waals surface area contributed by atoms with Gasteiger partial charge in [0.2, 0.25) is 5.95 Å². The smallest absolute Gasteiger partial charge is 0.272 e. The second-order valence-corrected chi connectivity index (χ2v) is 8.52. The van der Waals surface area contributed by atoms with E-state index in [9.17, 15) is 18.0 Å². The number of nitrogens with one attached hydrogen (secondary N) is 1. The minimum Gasteiger partial charge on any atom is -0.487 e. The summed E-state index contributed by atoms with van der Waals surface area (Å²) in [5.41, 5.74) is 8.18. The number of nitrogens with zero attached hydrogens (tertiary/aromatic N) is 2. The second kappa shape index (κ2) is 9.91. The Kier molecular flexibility index (Phi) is 6.93. The van der Waals surface area contributed by atoms with Crippen molar-refractivity contribution in [3.63, 3.8) is 0 Å². The molecule has 6 nitrogen and oxygen atoms in total. The van der Waals surface area contributed by atoms with Crippen LogP contribution in [0.5, 0.6) is 5.75 Å². The number of anilines is 1. The zero-order valence-electron chi connectivity index (χ0n) is 19.2. The number of amides is 1. The zero-order valence-corrected chi connectivity index (χ0v) is 19.2. The van der Waals surface area contributed by atoms with Crippen LogP contribution in [0.2, 0.25) is 0 Å². The first-order valence-corrected chi connectivity index (χ1v) is 10.9. The summed E-state index contributed by atoms with van der Waals surface area (Å²) >= 11 is 0. The van der Waals surface area contributed by atoms with Crippen LogP contribution in [0.3, 0.4) is 0 Å². The number of hydrogen-bond acceptors (Lipinski definition) is 5. The van der Waals surface area contributed by atoms with Crippen molar-refractivity contribution in [3.05, 3.63) is 64.9 Å². The third-order valence-corrected chi connectivity index (χ3v) is 5.64. The van der Waals surface area contributed by atoms with E-state index in [1.54, 1.807) is 20.2 Å². The third kappa shape index (κ3) is 5.22. The number of rotatable bonds is 7. The van der Waals surface area contributed by atoms with Gasteiger partial charge in [0, 0.05) is 40.9 Å². The van der Waals surface area contributed by atoms with E-state index in [1.807, 2.05) is 4.90 Å². The molecule has 0 bridgehead atoms. The lowest BCUT2D eigenvalue weighted by atomic mass is 9.93. The molecule has 35 heavy (non-hydrogen) atoms. The minimum atomic E-state index is -2.64.